The molecule has 3 aromatic carbocycles. The van der Waals surface area contributed by atoms with Crippen molar-refractivity contribution in [3.05, 3.63) is 102 Å². The van der Waals surface area contributed by atoms with E-state index in [2.05, 4.69) is 11.4 Å². The molecule has 3 aromatic rings. The zero-order valence-corrected chi connectivity index (χ0v) is 21.2. The van der Waals surface area contributed by atoms with E-state index in [4.69, 9.17) is 4.74 Å². The summed E-state index contributed by atoms with van der Waals surface area (Å²) in [5, 5.41) is 23.9. The first-order valence-electron chi connectivity index (χ1n) is 12.6. The molecule has 1 saturated heterocycles. The van der Waals surface area contributed by atoms with E-state index in [9.17, 15) is 20.0 Å². The molecule has 8 nitrogen and oxygen atoms in total. The molecule has 0 saturated carbocycles. The Hall–Kier alpha value is -4.03. The standard InChI is InChI=1S/C30H30N4O4/c1-33(29(37)38-19-22-12-6-3-7-13-22)26(16-21-10-4-2-5-11-21)27(35)34-20-30(17-23(34)18-31)24-14-8-9-15-25(24)32-28(30)36/h2-15,23,26,29,37H,16-17,19-20H2,1H3,(H,32,36)/t23-,26-,29?,30-/m0/s1. The number of carbonyl (C=O) groups is 2. The summed E-state index contributed by atoms with van der Waals surface area (Å²) in [6, 6.07) is 27.0. The molecule has 38 heavy (non-hydrogen) atoms. The molecule has 2 aliphatic rings. The van der Waals surface area contributed by atoms with Crippen LogP contribution in [0, 0.1) is 11.3 Å². The van der Waals surface area contributed by atoms with Crippen LogP contribution in [-0.2, 0) is 32.8 Å². The van der Waals surface area contributed by atoms with E-state index >= 15 is 0 Å². The van der Waals surface area contributed by atoms with E-state index in [0.717, 1.165) is 16.7 Å². The number of ether oxygens (including phenoxy) is 1. The van der Waals surface area contributed by atoms with Crippen LogP contribution in [-0.4, -0.2) is 58.8 Å². The van der Waals surface area contributed by atoms with Crippen molar-refractivity contribution in [2.75, 3.05) is 18.9 Å². The molecular formula is C30H30N4O4. The highest BCUT2D eigenvalue weighted by atomic mass is 16.6. The average molecular weight is 511 g/mol. The summed E-state index contributed by atoms with van der Waals surface area (Å²) in [7, 11) is 1.63. The number of rotatable bonds is 8. The van der Waals surface area contributed by atoms with Crippen molar-refractivity contribution in [3.8, 4) is 6.07 Å². The number of hydrogen-bond donors (Lipinski definition) is 2. The molecule has 2 heterocycles. The normalized spacial score (nSPS) is 21.7. The van der Waals surface area contributed by atoms with Crippen molar-refractivity contribution in [2.24, 2.45) is 0 Å². The smallest absolute Gasteiger partial charge is 0.241 e. The number of benzene rings is 3. The third-order valence-electron chi connectivity index (χ3n) is 7.55. The van der Waals surface area contributed by atoms with Gasteiger partial charge in [-0.05, 0) is 36.2 Å². The van der Waals surface area contributed by atoms with Gasteiger partial charge in [0.25, 0.3) is 0 Å². The predicted octanol–water partition coefficient (Wildman–Crippen LogP) is 3.04. The van der Waals surface area contributed by atoms with Crippen LogP contribution >= 0.6 is 0 Å². The Balaban J connectivity index is 1.41. The second-order valence-electron chi connectivity index (χ2n) is 9.89. The Morgan fingerprint density at radius 3 is 2.42 bits per heavy atom. The fraction of sp³-hybridized carbons (Fsp3) is 0.300. The Labute approximate surface area is 222 Å². The van der Waals surface area contributed by atoms with E-state index in [-0.39, 0.29) is 31.4 Å². The van der Waals surface area contributed by atoms with Crippen LogP contribution in [0.5, 0.6) is 0 Å². The molecule has 1 fully saturated rings. The lowest BCUT2D eigenvalue weighted by atomic mass is 9.80. The predicted molar refractivity (Wildman–Crippen MR) is 141 cm³/mol. The maximum Gasteiger partial charge on any atom is 0.241 e. The number of aliphatic hydroxyl groups is 1. The van der Waals surface area contributed by atoms with Gasteiger partial charge in [0.1, 0.15) is 6.04 Å². The fourth-order valence-corrected chi connectivity index (χ4v) is 5.44. The third kappa shape index (κ3) is 4.79. The number of likely N-dealkylation sites (tertiary alicyclic amines) is 1. The maximum absolute atomic E-state index is 14.1. The minimum atomic E-state index is -1.36. The quantitative estimate of drug-likeness (QED) is 0.452. The number of nitrogens with one attached hydrogen (secondary N) is 1. The van der Waals surface area contributed by atoms with Crippen LogP contribution in [0.15, 0.2) is 84.9 Å². The van der Waals surface area contributed by atoms with E-state index in [1.165, 1.54) is 9.80 Å². The van der Waals surface area contributed by atoms with E-state index in [0.29, 0.717) is 12.1 Å². The van der Waals surface area contributed by atoms with Gasteiger partial charge in [0.05, 0.1) is 24.1 Å². The van der Waals surface area contributed by atoms with Crippen LogP contribution in [0.2, 0.25) is 0 Å². The molecule has 0 bridgehead atoms. The van der Waals surface area contributed by atoms with Crippen molar-refractivity contribution in [1.82, 2.24) is 9.80 Å². The van der Waals surface area contributed by atoms with Crippen LogP contribution < -0.4 is 5.32 Å². The lowest BCUT2D eigenvalue weighted by Crippen LogP contribution is -2.54. The number of fused-ring (bicyclic) bond motifs is 2. The summed E-state index contributed by atoms with van der Waals surface area (Å²) in [6.07, 6.45) is -0.847. The summed E-state index contributed by atoms with van der Waals surface area (Å²) >= 11 is 0. The highest BCUT2D eigenvalue weighted by Crippen LogP contribution is 2.46. The van der Waals surface area contributed by atoms with Crippen molar-refractivity contribution in [1.29, 1.82) is 5.26 Å². The first-order valence-corrected chi connectivity index (χ1v) is 12.6. The highest BCUT2D eigenvalue weighted by Gasteiger charge is 2.56. The van der Waals surface area contributed by atoms with Crippen LogP contribution in [0.4, 0.5) is 5.69 Å². The number of nitriles is 1. The van der Waals surface area contributed by atoms with Gasteiger partial charge in [0.15, 0.2) is 0 Å². The second kappa shape index (κ2) is 10.8. The van der Waals surface area contributed by atoms with Crippen LogP contribution in [0.25, 0.3) is 0 Å². The van der Waals surface area contributed by atoms with Gasteiger partial charge in [-0.1, -0.05) is 78.9 Å². The number of aliphatic hydroxyl groups excluding tert-OH is 1. The number of likely N-dealkylation sites (N-methyl/N-ethyl adjacent to an activating group) is 1. The van der Waals surface area contributed by atoms with E-state index in [1.54, 1.807) is 7.05 Å². The van der Waals surface area contributed by atoms with E-state index in [1.807, 2.05) is 84.9 Å². The van der Waals surface area contributed by atoms with Crippen molar-refractivity contribution in [2.45, 2.75) is 43.4 Å². The number of para-hydroxylation sites is 1. The summed E-state index contributed by atoms with van der Waals surface area (Å²) in [6.45, 7) is 0.260. The zero-order chi connectivity index (χ0) is 26.7. The van der Waals surface area contributed by atoms with Gasteiger partial charge in [-0.25, -0.2) is 4.90 Å². The minimum absolute atomic E-state index is 0.0903. The van der Waals surface area contributed by atoms with Crippen LogP contribution in [0.1, 0.15) is 23.1 Å². The molecule has 2 aliphatic heterocycles. The Morgan fingerprint density at radius 1 is 1.11 bits per heavy atom. The zero-order valence-electron chi connectivity index (χ0n) is 21.2. The molecule has 0 aliphatic carbocycles. The molecule has 2 amide bonds. The molecule has 2 N–H and O–H groups in total. The van der Waals surface area contributed by atoms with Crippen molar-refractivity contribution < 1.29 is 19.4 Å². The number of amides is 2. The molecule has 8 heteroatoms. The monoisotopic (exact) mass is 510 g/mol. The van der Waals surface area contributed by atoms with Gasteiger partial charge in [-0.3, -0.25) is 9.59 Å². The number of nitrogens with zero attached hydrogens (tertiary/aromatic N) is 3. The number of hydrogen-bond acceptors (Lipinski definition) is 6. The molecular weight excluding hydrogens is 480 g/mol. The Bertz CT molecular complexity index is 1340. The fourth-order valence-electron chi connectivity index (χ4n) is 5.44. The number of carbonyl (C=O) groups excluding carboxylic acids is 2. The second-order valence-corrected chi connectivity index (χ2v) is 9.89. The minimum Gasteiger partial charge on any atom is -0.356 e. The van der Waals surface area contributed by atoms with Gasteiger partial charge in [-0.2, -0.15) is 5.26 Å². The molecule has 0 aromatic heterocycles. The lowest BCUT2D eigenvalue weighted by molar-refractivity contribution is -0.206. The van der Waals surface area contributed by atoms with Crippen molar-refractivity contribution >= 4 is 17.5 Å². The molecule has 194 valence electrons. The van der Waals surface area contributed by atoms with Crippen molar-refractivity contribution in [3.63, 3.8) is 0 Å². The van der Waals surface area contributed by atoms with Gasteiger partial charge in [0, 0.05) is 18.7 Å². The summed E-state index contributed by atoms with van der Waals surface area (Å²) < 4.78 is 5.71. The largest absolute Gasteiger partial charge is 0.356 e. The average Bonchev–Trinajstić information content (AvgIpc) is 3.48. The Morgan fingerprint density at radius 2 is 1.74 bits per heavy atom. The SMILES string of the molecule is CN(C(O)OCc1ccccc1)[C@@H](Cc1ccccc1)C(=O)N1C[C@]2(C[C@H]1C#N)C(=O)Nc1ccccc12. The highest BCUT2D eigenvalue weighted by molar-refractivity contribution is 6.07. The Kier molecular flexibility index (Phi) is 7.25. The van der Waals surface area contributed by atoms with Crippen LogP contribution in [0.3, 0.4) is 0 Å². The van der Waals surface area contributed by atoms with Gasteiger partial charge in [-0.15, -0.1) is 0 Å². The van der Waals surface area contributed by atoms with Gasteiger partial charge >= 0.3 is 0 Å². The first-order chi connectivity index (χ1) is 18.4. The summed E-state index contributed by atoms with van der Waals surface area (Å²) in [5.41, 5.74) is 2.33. The molecule has 1 unspecified atom stereocenters. The first kappa shape index (κ1) is 25.6. The van der Waals surface area contributed by atoms with Gasteiger partial charge < -0.3 is 20.1 Å². The molecule has 0 radical (unpaired) electrons. The number of anilines is 1. The maximum atomic E-state index is 14.1. The molecule has 1 spiro atoms. The lowest BCUT2D eigenvalue weighted by Gasteiger charge is -2.34. The summed E-state index contributed by atoms with van der Waals surface area (Å²) in [4.78, 5) is 30.3. The topological polar surface area (TPSA) is 106 Å². The van der Waals surface area contributed by atoms with Gasteiger partial charge in [0.2, 0.25) is 18.2 Å². The summed E-state index contributed by atoms with van der Waals surface area (Å²) in [5.74, 6) is -0.534. The van der Waals surface area contributed by atoms with E-state index < -0.39 is 23.9 Å². The third-order valence-corrected chi connectivity index (χ3v) is 7.55. The molecule has 5 rings (SSSR count). The molecule has 4 atom stereocenters.